The Bertz CT molecular complexity index is 1290. The van der Waals surface area contributed by atoms with Gasteiger partial charge in [0.15, 0.2) is 0 Å². The molecule has 37 heavy (non-hydrogen) atoms. The van der Waals surface area contributed by atoms with Gasteiger partial charge in [0.05, 0.1) is 7.89 Å². The summed E-state index contributed by atoms with van der Waals surface area (Å²) in [5.74, 6) is 0.700. The molecule has 0 aromatic heterocycles. The maximum Gasteiger partial charge on any atom is 0.302 e. The number of fused-ring (bicyclic) bond motifs is 2. The molecule has 0 heterocycles. The summed E-state index contributed by atoms with van der Waals surface area (Å²) in [4.78, 5) is 29.1. The molecule has 2 aliphatic carbocycles. The number of anilines is 2. The molecule has 2 fully saturated rings. The zero-order valence-corrected chi connectivity index (χ0v) is 21.9. The quantitative estimate of drug-likeness (QED) is 0.336. The van der Waals surface area contributed by atoms with E-state index in [0.717, 1.165) is 47.2 Å². The second kappa shape index (κ2) is 10.8. The molecule has 0 N–H and O–H groups in total. The fraction of sp³-hybridized carbons (Fsp3) is 0.375. The lowest BCUT2D eigenvalue weighted by Crippen LogP contribution is -2.38. The lowest BCUT2D eigenvalue weighted by atomic mass is 9.87. The SMILES string of the molecule is [2H][C@H](c1ccc(-c2ccc(N(C)C)cc2)cc1)N(C(=O)C1CC2CCC1C2)c1cccc(COC(C)=O)c1. The Hall–Kier alpha value is -3.60. The third kappa shape index (κ3) is 5.71. The Morgan fingerprint density at radius 1 is 0.892 bits per heavy atom. The molecule has 3 aromatic carbocycles. The van der Waals surface area contributed by atoms with Crippen LogP contribution in [0.5, 0.6) is 0 Å². The van der Waals surface area contributed by atoms with E-state index in [1.165, 1.54) is 13.3 Å². The molecule has 5 nitrogen and oxygen atoms in total. The smallest absolute Gasteiger partial charge is 0.302 e. The van der Waals surface area contributed by atoms with E-state index in [1.807, 2.05) is 62.6 Å². The van der Waals surface area contributed by atoms with Gasteiger partial charge in [0.2, 0.25) is 5.91 Å². The fourth-order valence-corrected chi connectivity index (χ4v) is 5.84. The number of nitrogens with zero attached hydrogens (tertiary/aromatic N) is 2. The van der Waals surface area contributed by atoms with Crippen LogP contribution in [0.2, 0.25) is 0 Å². The van der Waals surface area contributed by atoms with Crippen LogP contribution in [0.1, 0.15) is 45.1 Å². The van der Waals surface area contributed by atoms with Crippen LogP contribution in [0.3, 0.4) is 0 Å². The molecule has 5 rings (SSSR count). The van der Waals surface area contributed by atoms with Gasteiger partial charge in [-0.1, -0.05) is 55.0 Å². The van der Waals surface area contributed by atoms with E-state index in [-0.39, 0.29) is 24.4 Å². The lowest BCUT2D eigenvalue weighted by molar-refractivity contribution is -0.142. The summed E-state index contributed by atoms with van der Waals surface area (Å²) in [6, 6.07) is 23.8. The lowest BCUT2D eigenvalue weighted by Gasteiger charge is -2.30. The van der Waals surface area contributed by atoms with Crippen LogP contribution < -0.4 is 9.80 Å². The number of ether oxygens (including phenoxy) is 1. The monoisotopic (exact) mass is 497 g/mol. The highest BCUT2D eigenvalue weighted by Gasteiger charge is 2.44. The number of hydrogen-bond acceptors (Lipinski definition) is 4. The second-order valence-corrected chi connectivity index (χ2v) is 10.6. The average molecular weight is 498 g/mol. The van der Waals surface area contributed by atoms with Gasteiger partial charge in [-0.25, -0.2) is 0 Å². The third-order valence-electron chi connectivity index (χ3n) is 7.83. The minimum atomic E-state index is -0.879. The second-order valence-electron chi connectivity index (χ2n) is 10.6. The minimum absolute atomic E-state index is 0.0326. The first kappa shape index (κ1) is 23.8. The molecule has 4 atom stereocenters. The fourth-order valence-electron chi connectivity index (χ4n) is 5.84. The first-order valence-corrected chi connectivity index (χ1v) is 13.2. The van der Waals surface area contributed by atoms with Crippen LogP contribution in [0.4, 0.5) is 11.4 Å². The van der Waals surface area contributed by atoms with E-state index in [1.54, 1.807) is 4.90 Å². The summed E-state index contributed by atoms with van der Waals surface area (Å²) in [5, 5.41) is 0. The molecule has 3 unspecified atom stereocenters. The summed E-state index contributed by atoms with van der Waals surface area (Å²) in [6.45, 7) is 0.647. The van der Waals surface area contributed by atoms with E-state index in [9.17, 15) is 11.0 Å². The molecule has 5 heteroatoms. The highest BCUT2D eigenvalue weighted by molar-refractivity contribution is 5.95. The van der Waals surface area contributed by atoms with Crippen molar-refractivity contribution in [3.8, 4) is 11.1 Å². The zero-order valence-electron chi connectivity index (χ0n) is 22.9. The molecule has 192 valence electrons. The summed E-state index contributed by atoms with van der Waals surface area (Å²) < 4.78 is 14.4. The molecule has 3 aromatic rings. The third-order valence-corrected chi connectivity index (χ3v) is 7.83. The van der Waals surface area contributed by atoms with Crippen LogP contribution in [-0.4, -0.2) is 26.0 Å². The van der Waals surface area contributed by atoms with Crippen LogP contribution in [0.25, 0.3) is 11.1 Å². The van der Waals surface area contributed by atoms with E-state index in [4.69, 9.17) is 4.74 Å². The molecule has 0 spiro atoms. The van der Waals surface area contributed by atoms with Gasteiger partial charge in [-0.05, 0) is 77.6 Å². The molecular weight excluding hydrogens is 460 g/mol. The van der Waals surface area contributed by atoms with Crippen LogP contribution >= 0.6 is 0 Å². The van der Waals surface area contributed by atoms with Gasteiger partial charge in [-0.15, -0.1) is 0 Å². The van der Waals surface area contributed by atoms with Crippen molar-refractivity contribution in [3.63, 3.8) is 0 Å². The summed E-state index contributed by atoms with van der Waals surface area (Å²) in [5.41, 5.74) is 5.55. The highest BCUT2D eigenvalue weighted by atomic mass is 16.5. The van der Waals surface area contributed by atoms with Crippen LogP contribution in [0, 0.1) is 17.8 Å². The number of rotatable bonds is 8. The maximum absolute atomic E-state index is 14.0. The van der Waals surface area contributed by atoms with E-state index < -0.39 is 6.52 Å². The number of esters is 1. The number of benzene rings is 3. The highest BCUT2D eigenvalue weighted by Crippen LogP contribution is 2.49. The molecule has 2 aliphatic rings. The van der Waals surface area contributed by atoms with Gasteiger partial charge < -0.3 is 14.5 Å². The largest absolute Gasteiger partial charge is 0.461 e. The summed E-state index contributed by atoms with van der Waals surface area (Å²) in [6.07, 6.45) is 4.36. The standard InChI is InChI=1S/C32H36N2O3/c1-22(35)37-21-25-5-4-6-30(18-25)34(32(36)31-19-24-9-12-28(31)17-24)20-23-7-10-26(11-8-23)27-13-15-29(16-14-27)33(2)3/h4-8,10-11,13-16,18,24,28,31H,9,12,17,19-21H2,1-3H3/i20D/t20-,24?,28?,31?/m1/s1. The molecule has 1 amide bonds. The zero-order chi connectivity index (χ0) is 26.8. The van der Waals surface area contributed by atoms with Crippen molar-refractivity contribution in [3.05, 3.63) is 83.9 Å². The van der Waals surface area contributed by atoms with Gasteiger partial charge in [-0.2, -0.15) is 0 Å². The number of carbonyl (C=O) groups excluding carboxylic acids is 2. The van der Waals surface area contributed by atoms with Crippen molar-refractivity contribution in [1.82, 2.24) is 0 Å². The van der Waals surface area contributed by atoms with Gasteiger partial charge in [0, 0.05) is 38.3 Å². The van der Waals surface area contributed by atoms with Gasteiger partial charge >= 0.3 is 5.97 Å². The Kier molecular flexibility index (Phi) is 6.94. The molecule has 2 bridgehead atoms. The van der Waals surface area contributed by atoms with Crippen molar-refractivity contribution in [1.29, 1.82) is 0 Å². The van der Waals surface area contributed by atoms with Crippen molar-refractivity contribution in [2.45, 2.75) is 45.7 Å². The van der Waals surface area contributed by atoms with Crippen molar-refractivity contribution >= 4 is 23.3 Å². The molecular formula is C32H36N2O3. The molecule has 0 aliphatic heterocycles. The van der Waals surface area contributed by atoms with Crippen molar-refractivity contribution < 1.29 is 15.7 Å². The Balaban J connectivity index is 1.43. The van der Waals surface area contributed by atoms with Crippen molar-refractivity contribution in [2.24, 2.45) is 17.8 Å². The molecule has 0 saturated heterocycles. The van der Waals surface area contributed by atoms with Crippen LogP contribution in [-0.2, 0) is 27.5 Å². The summed E-state index contributed by atoms with van der Waals surface area (Å²) in [7, 11) is 4.04. The first-order chi connectivity index (χ1) is 18.3. The number of hydrogen-bond donors (Lipinski definition) is 0. The predicted octanol–water partition coefficient (Wildman–Crippen LogP) is 6.45. The molecule has 2 saturated carbocycles. The Labute approximate surface area is 221 Å². The number of carbonyl (C=O) groups is 2. The Morgan fingerprint density at radius 2 is 1.59 bits per heavy atom. The van der Waals surface area contributed by atoms with Gasteiger partial charge in [0.25, 0.3) is 0 Å². The van der Waals surface area contributed by atoms with Gasteiger partial charge in [-0.3, -0.25) is 9.59 Å². The average Bonchev–Trinajstić information content (AvgIpc) is 3.57. The minimum Gasteiger partial charge on any atom is -0.461 e. The topological polar surface area (TPSA) is 49.9 Å². The van der Waals surface area contributed by atoms with E-state index in [2.05, 4.69) is 29.2 Å². The normalized spacial score (nSPS) is 21.3. The Morgan fingerprint density at radius 3 is 2.19 bits per heavy atom. The predicted molar refractivity (Wildman–Crippen MR) is 148 cm³/mol. The van der Waals surface area contributed by atoms with E-state index in [0.29, 0.717) is 17.5 Å². The van der Waals surface area contributed by atoms with Crippen molar-refractivity contribution in [2.75, 3.05) is 23.9 Å². The molecule has 0 radical (unpaired) electrons. The number of amides is 1. The van der Waals surface area contributed by atoms with Gasteiger partial charge in [0.1, 0.15) is 6.61 Å². The summed E-state index contributed by atoms with van der Waals surface area (Å²) >= 11 is 0. The van der Waals surface area contributed by atoms with E-state index >= 15 is 0 Å². The van der Waals surface area contributed by atoms with Crippen LogP contribution in [0.15, 0.2) is 72.8 Å². The first-order valence-electron chi connectivity index (χ1n) is 13.7. The maximum atomic E-state index is 14.0.